The highest BCUT2D eigenvalue weighted by Crippen LogP contribution is 2.21. The fraction of sp³-hybridized carbons (Fsp3) is 0.286. The van der Waals surface area contributed by atoms with Crippen molar-refractivity contribution in [1.82, 2.24) is 29.5 Å². The lowest BCUT2D eigenvalue weighted by atomic mass is 10.1. The van der Waals surface area contributed by atoms with Crippen LogP contribution in [0.4, 0.5) is 5.82 Å². The van der Waals surface area contributed by atoms with E-state index >= 15 is 0 Å². The zero-order chi connectivity index (χ0) is 21.4. The number of hydrogen-bond acceptors (Lipinski definition) is 5. The van der Waals surface area contributed by atoms with Crippen molar-refractivity contribution in [3.8, 4) is 11.6 Å². The van der Waals surface area contributed by atoms with E-state index in [9.17, 15) is 9.59 Å². The standard InChI is InChI=1S/C21H23N7O2/c1-5-7-18(29)23-17-10-13(3)26-28(17)21-24-19-15(20(30)25-21)11-22-27(19)16-9-6-8-12(2)14(16)4/h6,8-11H,5,7H2,1-4H3,(H,23,29)(H,24,25,30). The van der Waals surface area contributed by atoms with Gasteiger partial charge in [-0.05, 0) is 44.4 Å². The first-order chi connectivity index (χ1) is 14.4. The van der Waals surface area contributed by atoms with Crippen molar-refractivity contribution in [1.29, 1.82) is 0 Å². The van der Waals surface area contributed by atoms with Gasteiger partial charge >= 0.3 is 0 Å². The van der Waals surface area contributed by atoms with Gasteiger partial charge in [-0.2, -0.15) is 19.9 Å². The molecule has 0 unspecified atom stereocenters. The summed E-state index contributed by atoms with van der Waals surface area (Å²) in [5.41, 5.74) is 3.79. The number of amides is 1. The van der Waals surface area contributed by atoms with Crippen molar-refractivity contribution in [3.63, 3.8) is 0 Å². The number of hydrogen-bond donors (Lipinski definition) is 2. The summed E-state index contributed by atoms with van der Waals surface area (Å²) >= 11 is 0. The van der Waals surface area contributed by atoms with E-state index in [0.29, 0.717) is 29.0 Å². The van der Waals surface area contributed by atoms with Crippen LogP contribution >= 0.6 is 0 Å². The number of rotatable bonds is 5. The molecule has 0 atom stereocenters. The van der Waals surface area contributed by atoms with Crippen LogP contribution in [0.3, 0.4) is 0 Å². The van der Waals surface area contributed by atoms with Gasteiger partial charge in [-0.3, -0.25) is 14.6 Å². The molecular weight excluding hydrogens is 382 g/mol. The van der Waals surface area contributed by atoms with Crippen LogP contribution in [0.15, 0.2) is 35.3 Å². The van der Waals surface area contributed by atoms with E-state index in [1.54, 1.807) is 10.7 Å². The summed E-state index contributed by atoms with van der Waals surface area (Å²) in [6.07, 6.45) is 2.63. The van der Waals surface area contributed by atoms with Gasteiger partial charge in [0.05, 0.1) is 17.6 Å². The minimum atomic E-state index is -0.328. The molecule has 0 saturated carbocycles. The Morgan fingerprint density at radius 2 is 2.00 bits per heavy atom. The molecule has 4 aromatic rings. The lowest BCUT2D eigenvalue weighted by Gasteiger charge is -2.10. The number of nitrogens with zero attached hydrogens (tertiary/aromatic N) is 5. The fourth-order valence-electron chi connectivity index (χ4n) is 3.33. The van der Waals surface area contributed by atoms with E-state index in [0.717, 1.165) is 23.2 Å². The van der Waals surface area contributed by atoms with E-state index < -0.39 is 0 Å². The zero-order valence-corrected chi connectivity index (χ0v) is 17.4. The van der Waals surface area contributed by atoms with Crippen molar-refractivity contribution < 1.29 is 4.79 Å². The van der Waals surface area contributed by atoms with Crippen LogP contribution in [0.25, 0.3) is 22.7 Å². The first-order valence-electron chi connectivity index (χ1n) is 9.80. The number of carbonyl (C=O) groups excluding carboxylic acids is 1. The summed E-state index contributed by atoms with van der Waals surface area (Å²) < 4.78 is 3.09. The quantitative estimate of drug-likeness (QED) is 0.530. The van der Waals surface area contributed by atoms with Crippen molar-refractivity contribution in [3.05, 3.63) is 57.6 Å². The van der Waals surface area contributed by atoms with Gasteiger partial charge in [-0.15, -0.1) is 0 Å². The number of aromatic nitrogens is 6. The van der Waals surface area contributed by atoms with Crippen LogP contribution < -0.4 is 10.9 Å². The number of anilines is 1. The van der Waals surface area contributed by atoms with Gasteiger partial charge < -0.3 is 5.32 Å². The summed E-state index contributed by atoms with van der Waals surface area (Å²) in [5.74, 6) is 0.535. The molecule has 0 aliphatic rings. The second-order valence-electron chi connectivity index (χ2n) is 7.28. The Balaban J connectivity index is 1.88. The average Bonchev–Trinajstić information content (AvgIpc) is 3.28. The van der Waals surface area contributed by atoms with E-state index in [1.165, 1.54) is 10.9 Å². The van der Waals surface area contributed by atoms with Crippen LogP contribution in [0.5, 0.6) is 0 Å². The van der Waals surface area contributed by atoms with E-state index in [4.69, 9.17) is 0 Å². The van der Waals surface area contributed by atoms with Crippen molar-refractivity contribution in [2.75, 3.05) is 5.32 Å². The molecule has 1 amide bonds. The molecule has 0 aliphatic carbocycles. The Hall–Kier alpha value is -3.75. The molecule has 2 N–H and O–H groups in total. The van der Waals surface area contributed by atoms with E-state index in [-0.39, 0.29) is 17.4 Å². The largest absolute Gasteiger partial charge is 0.310 e. The number of benzene rings is 1. The maximum atomic E-state index is 12.7. The van der Waals surface area contributed by atoms with Gasteiger partial charge in [-0.25, -0.2) is 4.68 Å². The van der Waals surface area contributed by atoms with Gasteiger partial charge in [0.15, 0.2) is 5.65 Å². The molecule has 4 rings (SSSR count). The minimum absolute atomic E-state index is 0.123. The number of aryl methyl sites for hydroxylation is 2. The van der Waals surface area contributed by atoms with Crippen LogP contribution in [0, 0.1) is 20.8 Å². The summed E-state index contributed by atoms with van der Waals surface area (Å²) in [4.78, 5) is 32.2. The molecule has 3 heterocycles. The Bertz CT molecular complexity index is 1310. The summed E-state index contributed by atoms with van der Waals surface area (Å²) in [6.45, 7) is 7.77. The van der Waals surface area contributed by atoms with Crippen LogP contribution in [-0.2, 0) is 4.79 Å². The molecule has 0 bridgehead atoms. The third kappa shape index (κ3) is 3.38. The molecule has 3 aromatic heterocycles. The minimum Gasteiger partial charge on any atom is -0.310 e. The number of H-pyrrole nitrogens is 1. The van der Waals surface area contributed by atoms with Gasteiger partial charge in [0.2, 0.25) is 11.9 Å². The van der Waals surface area contributed by atoms with Gasteiger partial charge in [0.1, 0.15) is 11.2 Å². The van der Waals surface area contributed by atoms with Crippen LogP contribution in [0.2, 0.25) is 0 Å². The number of aromatic amines is 1. The highest BCUT2D eigenvalue weighted by Gasteiger charge is 2.17. The lowest BCUT2D eigenvalue weighted by Crippen LogP contribution is -2.19. The molecule has 0 spiro atoms. The predicted octanol–water partition coefficient (Wildman–Crippen LogP) is 2.96. The van der Waals surface area contributed by atoms with Crippen LogP contribution in [-0.4, -0.2) is 35.4 Å². The molecule has 154 valence electrons. The van der Waals surface area contributed by atoms with Crippen molar-refractivity contribution in [2.24, 2.45) is 0 Å². The summed E-state index contributed by atoms with van der Waals surface area (Å²) in [6, 6.07) is 7.64. The second-order valence-corrected chi connectivity index (χ2v) is 7.28. The Morgan fingerprint density at radius 1 is 1.20 bits per heavy atom. The molecule has 9 heteroatoms. The summed E-state index contributed by atoms with van der Waals surface area (Å²) in [5, 5.41) is 12.0. The molecule has 9 nitrogen and oxygen atoms in total. The Kier molecular flexibility index (Phi) is 4.94. The Morgan fingerprint density at radius 3 is 2.77 bits per heavy atom. The number of carbonyl (C=O) groups is 1. The second kappa shape index (κ2) is 7.58. The Labute approximate surface area is 172 Å². The average molecular weight is 405 g/mol. The first-order valence-corrected chi connectivity index (χ1v) is 9.80. The molecule has 30 heavy (non-hydrogen) atoms. The third-order valence-electron chi connectivity index (χ3n) is 5.01. The fourth-order valence-corrected chi connectivity index (χ4v) is 3.33. The van der Waals surface area contributed by atoms with Crippen LogP contribution in [0.1, 0.15) is 36.6 Å². The smallest absolute Gasteiger partial charge is 0.263 e. The predicted molar refractivity (Wildman–Crippen MR) is 114 cm³/mol. The highest BCUT2D eigenvalue weighted by atomic mass is 16.1. The SMILES string of the molecule is CCCC(=O)Nc1cc(C)nn1-c1nc2c(cnn2-c2cccc(C)c2C)c(=O)[nH]1. The van der Waals surface area contributed by atoms with Crippen molar-refractivity contribution >= 4 is 22.8 Å². The molecule has 0 saturated heterocycles. The van der Waals surface area contributed by atoms with E-state index in [2.05, 4.69) is 25.5 Å². The lowest BCUT2D eigenvalue weighted by molar-refractivity contribution is -0.116. The highest BCUT2D eigenvalue weighted by molar-refractivity contribution is 5.90. The van der Waals surface area contributed by atoms with Gasteiger partial charge in [-0.1, -0.05) is 19.1 Å². The summed E-state index contributed by atoms with van der Waals surface area (Å²) in [7, 11) is 0. The number of nitrogens with one attached hydrogen (secondary N) is 2. The van der Waals surface area contributed by atoms with Gasteiger partial charge in [0, 0.05) is 12.5 Å². The monoisotopic (exact) mass is 405 g/mol. The molecule has 0 fully saturated rings. The van der Waals surface area contributed by atoms with E-state index in [1.807, 2.05) is 45.9 Å². The maximum absolute atomic E-state index is 12.7. The topological polar surface area (TPSA) is 110 Å². The van der Waals surface area contributed by atoms with Gasteiger partial charge in [0.25, 0.3) is 5.56 Å². The number of fused-ring (bicyclic) bond motifs is 1. The zero-order valence-electron chi connectivity index (χ0n) is 17.4. The maximum Gasteiger partial charge on any atom is 0.263 e. The molecule has 1 aromatic carbocycles. The third-order valence-corrected chi connectivity index (χ3v) is 5.01. The normalized spacial score (nSPS) is 11.2. The van der Waals surface area contributed by atoms with Crippen molar-refractivity contribution in [2.45, 2.75) is 40.5 Å². The molecule has 0 radical (unpaired) electrons. The molecular formula is C21H23N7O2. The molecule has 0 aliphatic heterocycles. The first kappa shape index (κ1) is 19.6.